The second-order valence-electron chi connectivity index (χ2n) is 4.95. The van der Waals surface area contributed by atoms with Crippen LogP contribution < -0.4 is 0 Å². The van der Waals surface area contributed by atoms with Crippen molar-refractivity contribution < 1.29 is 0 Å². The van der Waals surface area contributed by atoms with Crippen molar-refractivity contribution in [2.24, 2.45) is 5.92 Å². The summed E-state index contributed by atoms with van der Waals surface area (Å²) < 4.78 is 0. The molecule has 1 heterocycles. The van der Waals surface area contributed by atoms with E-state index in [-0.39, 0.29) is 0 Å². The molecule has 11 heavy (non-hydrogen) atoms. The summed E-state index contributed by atoms with van der Waals surface area (Å²) in [5.74, 6) is 1.08. The summed E-state index contributed by atoms with van der Waals surface area (Å²) in [6.45, 7) is 9.96. The van der Waals surface area contributed by atoms with E-state index in [1.165, 1.54) is 19.3 Å². The third kappa shape index (κ3) is 2.08. The minimum atomic E-state index is -0.778. The highest BCUT2D eigenvalue weighted by molar-refractivity contribution is 6.78. The fourth-order valence-electron chi connectivity index (χ4n) is 2.27. The lowest BCUT2D eigenvalue weighted by Crippen LogP contribution is -2.37. The molecule has 1 heteroatoms. The Morgan fingerprint density at radius 2 is 1.91 bits per heavy atom. The van der Waals surface area contributed by atoms with E-state index in [9.17, 15) is 0 Å². The Balaban J connectivity index is 2.52. The van der Waals surface area contributed by atoms with Gasteiger partial charge in [0.05, 0.1) is 8.07 Å². The molecule has 1 aliphatic rings. The lowest BCUT2D eigenvalue weighted by Gasteiger charge is -2.39. The zero-order valence-corrected chi connectivity index (χ0v) is 9.48. The molecule has 1 rings (SSSR count). The van der Waals surface area contributed by atoms with Gasteiger partial charge in [0.15, 0.2) is 0 Å². The summed E-state index contributed by atoms with van der Waals surface area (Å²) in [5, 5.41) is 0. The van der Waals surface area contributed by atoms with Gasteiger partial charge in [-0.2, -0.15) is 0 Å². The van der Waals surface area contributed by atoms with Crippen molar-refractivity contribution in [3.63, 3.8) is 0 Å². The summed E-state index contributed by atoms with van der Waals surface area (Å²) >= 11 is 0. The third-order valence-electron chi connectivity index (χ3n) is 3.73. The molecule has 0 bridgehead atoms. The fourth-order valence-corrected chi connectivity index (χ4v) is 5.60. The molecule has 1 saturated heterocycles. The number of hydrogen-bond donors (Lipinski definition) is 0. The summed E-state index contributed by atoms with van der Waals surface area (Å²) in [6.07, 6.45) is 4.44. The van der Waals surface area contributed by atoms with Crippen LogP contribution in [0.2, 0.25) is 24.7 Å². The van der Waals surface area contributed by atoms with Gasteiger partial charge in [0.2, 0.25) is 0 Å². The van der Waals surface area contributed by atoms with E-state index in [1.807, 2.05) is 0 Å². The molecule has 1 aliphatic heterocycles. The maximum atomic E-state index is 2.57. The van der Waals surface area contributed by atoms with Gasteiger partial charge in [-0.15, -0.1) is 0 Å². The van der Waals surface area contributed by atoms with Gasteiger partial charge in [-0.3, -0.25) is 0 Å². The lowest BCUT2D eigenvalue weighted by molar-refractivity contribution is 0.452. The molecule has 0 amide bonds. The van der Waals surface area contributed by atoms with Gasteiger partial charge < -0.3 is 0 Å². The molecule has 0 aromatic carbocycles. The van der Waals surface area contributed by atoms with Crippen LogP contribution in [-0.2, 0) is 0 Å². The van der Waals surface area contributed by atoms with Crippen molar-refractivity contribution in [1.29, 1.82) is 0 Å². The van der Waals surface area contributed by atoms with E-state index < -0.39 is 8.07 Å². The van der Waals surface area contributed by atoms with Crippen molar-refractivity contribution in [1.82, 2.24) is 0 Å². The molecule has 0 aromatic heterocycles. The summed E-state index contributed by atoms with van der Waals surface area (Å²) in [7, 11) is -0.778. The summed E-state index contributed by atoms with van der Waals surface area (Å²) in [6, 6.07) is 1.59. The Bertz CT molecular complexity index is 129. The van der Waals surface area contributed by atoms with Crippen molar-refractivity contribution in [3.8, 4) is 0 Å². The molecule has 0 nitrogen and oxygen atoms in total. The second kappa shape index (κ2) is 3.30. The average Bonchev–Trinajstić information content (AvgIpc) is 1.95. The first kappa shape index (κ1) is 9.31. The minimum Gasteiger partial charge on any atom is -0.0691 e. The normalized spacial score (nSPS) is 37.1. The smallest absolute Gasteiger partial charge is 0.0504 e. The van der Waals surface area contributed by atoms with Crippen LogP contribution in [0.3, 0.4) is 0 Å². The van der Waals surface area contributed by atoms with E-state index >= 15 is 0 Å². The van der Waals surface area contributed by atoms with Crippen molar-refractivity contribution in [2.75, 3.05) is 0 Å². The van der Waals surface area contributed by atoms with Crippen LogP contribution in [0.5, 0.6) is 0 Å². The predicted octanol–water partition coefficient (Wildman–Crippen LogP) is 3.90. The zero-order chi connectivity index (χ0) is 8.48. The Kier molecular flexibility index (Phi) is 2.79. The Morgan fingerprint density at radius 1 is 1.27 bits per heavy atom. The maximum Gasteiger partial charge on any atom is 0.0504 e. The van der Waals surface area contributed by atoms with Crippen molar-refractivity contribution in [3.05, 3.63) is 0 Å². The molecule has 2 atom stereocenters. The highest BCUT2D eigenvalue weighted by atomic mass is 28.3. The standard InChI is InChI=1S/C10H22Si/c1-5-10-7-6-9(2)11(3,4)8-10/h9-10H,5-8H2,1-4H3. The SMILES string of the molecule is CCC1CCC(C)[Si](C)(C)C1. The van der Waals surface area contributed by atoms with E-state index in [1.54, 1.807) is 6.04 Å². The first-order valence-electron chi connectivity index (χ1n) is 5.06. The predicted molar refractivity (Wildman–Crippen MR) is 54.7 cm³/mol. The van der Waals surface area contributed by atoms with E-state index in [4.69, 9.17) is 0 Å². The fraction of sp³-hybridized carbons (Fsp3) is 1.00. The van der Waals surface area contributed by atoms with Gasteiger partial charge in [-0.1, -0.05) is 52.2 Å². The van der Waals surface area contributed by atoms with Gasteiger partial charge in [0.25, 0.3) is 0 Å². The number of rotatable bonds is 1. The molecule has 0 aromatic rings. The van der Waals surface area contributed by atoms with Crippen LogP contribution >= 0.6 is 0 Å². The van der Waals surface area contributed by atoms with Gasteiger partial charge in [0.1, 0.15) is 0 Å². The quantitative estimate of drug-likeness (QED) is 0.524. The molecular weight excluding hydrogens is 148 g/mol. The van der Waals surface area contributed by atoms with Crippen LogP contribution in [0, 0.1) is 5.92 Å². The molecule has 2 unspecified atom stereocenters. The monoisotopic (exact) mass is 170 g/mol. The lowest BCUT2D eigenvalue weighted by atomic mass is 10.0. The van der Waals surface area contributed by atoms with Crippen molar-refractivity contribution >= 4 is 8.07 Å². The Labute approximate surface area is 72.4 Å². The van der Waals surface area contributed by atoms with Crippen LogP contribution in [0.15, 0.2) is 0 Å². The van der Waals surface area contributed by atoms with Crippen LogP contribution in [0.25, 0.3) is 0 Å². The first-order chi connectivity index (χ1) is 5.06. The molecule has 0 N–H and O–H groups in total. The molecule has 0 saturated carbocycles. The van der Waals surface area contributed by atoms with E-state index in [0.717, 1.165) is 11.5 Å². The Hall–Kier alpha value is 0.217. The zero-order valence-electron chi connectivity index (χ0n) is 8.48. The van der Waals surface area contributed by atoms with Crippen molar-refractivity contribution in [2.45, 2.75) is 57.8 Å². The molecule has 0 radical (unpaired) electrons. The first-order valence-corrected chi connectivity index (χ1v) is 8.34. The highest BCUT2D eigenvalue weighted by Gasteiger charge is 2.34. The number of hydrogen-bond acceptors (Lipinski definition) is 0. The summed E-state index contributed by atoms with van der Waals surface area (Å²) in [4.78, 5) is 0. The largest absolute Gasteiger partial charge is 0.0691 e. The van der Waals surface area contributed by atoms with E-state index in [2.05, 4.69) is 26.9 Å². The maximum absolute atomic E-state index is 2.57. The van der Waals surface area contributed by atoms with E-state index in [0.29, 0.717) is 0 Å². The van der Waals surface area contributed by atoms with Crippen LogP contribution in [0.1, 0.15) is 33.1 Å². The molecular formula is C10H22Si. The van der Waals surface area contributed by atoms with Gasteiger partial charge in [-0.25, -0.2) is 0 Å². The van der Waals surface area contributed by atoms with Gasteiger partial charge in [0, 0.05) is 0 Å². The van der Waals surface area contributed by atoms with Gasteiger partial charge in [-0.05, 0) is 11.5 Å². The van der Waals surface area contributed by atoms with Gasteiger partial charge >= 0.3 is 0 Å². The Morgan fingerprint density at radius 3 is 2.36 bits per heavy atom. The average molecular weight is 170 g/mol. The molecule has 1 fully saturated rings. The third-order valence-corrected chi connectivity index (χ3v) is 8.32. The minimum absolute atomic E-state index is 0.778. The summed E-state index contributed by atoms with van der Waals surface area (Å²) in [5.41, 5.74) is 1.07. The highest BCUT2D eigenvalue weighted by Crippen LogP contribution is 2.40. The topological polar surface area (TPSA) is 0 Å². The molecule has 66 valence electrons. The second-order valence-corrected chi connectivity index (χ2v) is 10.3. The molecule has 0 aliphatic carbocycles. The van der Waals surface area contributed by atoms with Crippen LogP contribution in [0.4, 0.5) is 0 Å². The van der Waals surface area contributed by atoms with Crippen LogP contribution in [-0.4, -0.2) is 8.07 Å². The molecule has 0 spiro atoms.